The molecule has 3 amide bonds. The Balaban J connectivity index is 1.23. The van der Waals surface area contributed by atoms with E-state index >= 15 is 0 Å². The zero-order chi connectivity index (χ0) is 22.9. The average molecular weight is 479 g/mol. The van der Waals surface area contributed by atoms with Crippen molar-refractivity contribution in [3.05, 3.63) is 57.8 Å². The molecule has 2 bridgehead atoms. The van der Waals surface area contributed by atoms with Gasteiger partial charge in [0.15, 0.2) is 6.61 Å². The third-order valence-corrected chi connectivity index (χ3v) is 6.31. The summed E-state index contributed by atoms with van der Waals surface area (Å²) in [6.07, 6.45) is 2.21. The number of pyridine rings is 1. The summed E-state index contributed by atoms with van der Waals surface area (Å²) in [6.45, 7) is -0.0666. The number of carbonyl (C=O) groups is 3. The van der Waals surface area contributed by atoms with Crippen LogP contribution in [0, 0.1) is 0 Å². The van der Waals surface area contributed by atoms with Gasteiger partial charge in [0.05, 0.1) is 10.0 Å². The number of hydrogen-bond donors (Lipinski definition) is 4. The fourth-order valence-electron chi connectivity index (χ4n) is 4.29. The Morgan fingerprint density at radius 1 is 1.03 bits per heavy atom. The molecule has 3 saturated carbocycles. The van der Waals surface area contributed by atoms with Crippen molar-refractivity contribution in [1.29, 1.82) is 0 Å². The first-order valence-corrected chi connectivity index (χ1v) is 10.6. The molecule has 0 saturated heterocycles. The number of hydrogen-bond acceptors (Lipinski definition) is 5. The third-order valence-electron chi connectivity index (χ3n) is 5.58. The maximum atomic E-state index is 12.6. The van der Waals surface area contributed by atoms with Crippen LogP contribution in [-0.4, -0.2) is 45.7 Å². The first kappa shape index (κ1) is 22.2. The summed E-state index contributed by atoms with van der Waals surface area (Å²) in [5.74, 6) is -0.134. The fourth-order valence-corrected chi connectivity index (χ4v) is 4.58. The van der Waals surface area contributed by atoms with Crippen LogP contribution >= 0.6 is 23.2 Å². The maximum absolute atomic E-state index is 12.6. The summed E-state index contributed by atoms with van der Waals surface area (Å²) in [7, 11) is 0. The van der Waals surface area contributed by atoms with Crippen LogP contribution in [0.25, 0.3) is 0 Å². The van der Waals surface area contributed by atoms with Crippen LogP contribution in [0.1, 0.15) is 35.3 Å². The van der Waals surface area contributed by atoms with Crippen molar-refractivity contribution in [2.24, 2.45) is 0 Å². The van der Waals surface area contributed by atoms with Crippen LogP contribution in [-0.2, 0) is 11.3 Å². The quantitative estimate of drug-likeness (QED) is 0.461. The number of rotatable bonds is 8. The molecular weight excluding hydrogens is 459 g/mol. The molecule has 1 heterocycles. The Morgan fingerprint density at radius 2 is 1.75 bits per heavy atom. The summed E-state index contributed by atoms with van der Waals surface area (Å²) in [4.78, 5) is 39.5. The minimum absolute atomic E-state index is 0.0860. The zero-order valence-electron chi connectivity index (χ0n) is 16.8. The Labute approximate surface area is 193 Å². The largest absolute Gasteiger partial charge is 0.484 e. The van der Waals surface area contributed by atoms with Gasteiger partial charge in [-0.15, -0.1) is 0 Å². The molecule has 1 aromatic heterocycles. The smallest absolute Gasteiger partial charge is 0.404 e. The molecule has 3 aliphatic rings. The molecule has 11 heteroatoms. The van der Waals surface area contributed by atoms with Crippen LogP contribution in [0.2, 0.25) is 10.0 Å². The summed E-state index contributed by atoms with van der Waals surface area (Å²) < 4.78 is 5.45. The van der Waals surface area contributed by atoms with Crippen molar-refractivity contribution < 1.29 is 24.2 Å². The lowest BCUT2D eigenvalue weighted by Gasteiger charge is -2.70. The van der Waals surface area contributed by atoms with Crippen LogP contribution in [0.15, 0.2) is 36.5 Å². The highest BCUT2D eigenvalue weighted by Crippen LogP contribution is 2.60. The van der Waals surface area contributed by atoms with Gasteiger partial charge in [0.2, 0.25) is 0 Å². The van der Waals surface area contributed by atoms with Gasteiger partial charge in [-0.2, -0.15) is 0 Å². The van der Waals surface area contributed by atoms with Crippen LogP contribution in [0.5, 0.6) is 5.75 Å². The molecule has 0 unspecified atom stereocenters. The second-order valence-electron chi connectivity index (χ2n) is 8.17. The van der Waals surface area contributed by atoms with Crippen molar-refractivity contribution in [2.45, 2.75) is 36.9 Å². The van der Waals surface area contributed by atoms with Gasteiger partial charge in [-0.05, 0) is 49.1 Å². The van der Waals surface area contributed by atoms with Gasteiger partial charge in [0, 0.05) is 29.9 Å². The van der Waals surface area contributed by atoms with Crippen molar-refractivity contribution >= 4 is 41.1 Å². The number of carboxylic acid groups (broad SMARTS) is 1. The van der Waals surface area contributed by atoms with Gasteiger partial charge in [-0.1, -0.05) is 23.2 Å². The third kappa shape index (κ3) is 4.73. The van der Waals surface area contributed by atoms with Crippen molar-refractivity contribution in [3.8, 4) is 5.75 Å². The van der Waals surface area contributed by atoms with E-state index in [4.69, 9.17) is 33.0 Å². The molecule has 9 nitrogen and oxygen atoms in total. The molecule has 5 rings (SSSR count). The van der Waals surface area contributed by atoms with Gasteiger partial charge < -0.3 is 25.8 Å². The SMILES string of the molecule is O=C(O)NCc1ccnc(C(=O)NC23CC(NC(=O)COc4ccc(Cl)c(Cl)c4)(C2)C3)c1. The van der Waals surface area contributed by atoms with Gasteiger partial charge in [-0.25, -0.2) is 4.79 Å². The predicted molar refractivity (Wildman–Crippen MR) is 116 cm³/mol. The van der Waals surface area contributed by atoms with E-state index < -0.39 is 6.09 Å². The van der Waals surface area contributed by atoms with Gasteiger partial charge >= 0.3 is 6.09 Å². The highest BCUT2D eigenvalue weighted by Gasteiger charge is 2.69. The van der Waals surface area contributed by atoms with Crippen LogP contribution < -0.4 is 20.7 Å². The Morgan fingerprint density at radius 3 is 2.44 bits per heavy atom. The van der Waals surface area contributed by atoms with Crippen molar-refractivity contribution in [1.82, 2.24) is 20.9 Å². The second-order valence-corrected chi connectivity index (χ2v) is 8.98. The van der Waals surface area contributed by atoms with Gasteiger partial charge in [0.25, 0.3) is 11.8 Å². The molecule has 0 radical (unpaired) electrons. The first-order valence-electron chi connectivity index (χ1n) is 9.81. The van der Waals surface area contributed by atoms with Crippen molar-refractivity contribution in [2.75, 3.05) is 6.61 Å². The molecule has 168 valence electrons. The number of ether oxygens (including phenoxy) is 1. The average Bonchev–Trinajstić information content (AvgIpc) is 2.70. The van der Waals surface area contributed by atoms with Crippen molar-refractivity contribution in [3.63, 3.8) is 0 Å². The van der Waals surface area contributed by atoms with E-state index in [9.17, 15) is 14.4 Å². The highest BCUT2D eigenvalue weighted by atomic mass is 35.5. The maximum Gasteiger partial charge on any atom is 0.404 e. The number of nitrogens with one attached hydrogen (secondary N) is 3. The van der Waals surface area contributed by atoms with E-state index in [2.05, 4.69) is 20.9 Å². The summed E-state index contributed by atoms with van der Waals surface area (Å²) in [5, 5.41) is 17.7. The van der Waals surface area contributed by atoms with Gasteiger partial charge in [-0.3, -0.25) is 14.6 Å². The number of aromatic nitrogens is 1. The molecule has 1 aromatic carbocycles. The standard InChI is InChI=1S/C21H20Cl2N4O5/c22-14-2-1-13(6-15(14)23)32-8-17(28)26-20-9-21(10-20,11-20)27-18(29)16-5-12(3-4-24-16)7-25-19(30)31/h1-6,25H,7-11H2,(H,26,28)(H,27,29)(H,30,31). The lowest BCUT2D eigenvalue weighted by Crippen LogP contribution is -2.84. The number of carbonyl (C=O) groups excluding carboxylic acids is 2. The van der Waals surface area contributed by atoms with E-state index in [1.807, 2.05) is 0 Å². The van der Waals surface area contributed by atoms with Crippen LogP contribution in [0.3, 0.4) is 0 Å². The molecule has 4 N–H and O–H groups in total. The van der Waals surface area contributed by atoms with E-state index in [0.717, 1.165) is 0 Å². The molecule has 3 fully saturated rings. The predicted octanol–water partition coefficient (Wildman–Crippen LogP) is 2.76. The number of nitrogens with zero attached hydrogens (tertiary/aromatic N) is 1. The molecule has 0 spiro atoms. The van der Waals surface area contributed by atoms with Gasteiger partial charge in [0.1, 0.15) is 11.4 Å². The molecule has 32 heavy (non-hydrogen) atoms. The Bertz CT molecular complexity index is 1070. The molecular formula is C21H20Cl2N4O5. The van der Waals surface area contributed by atoms with E-state index in [1.165, 1.54) is 6.20 Å². The number of benzene rings is 1. The fraction of sp³-hybridized carbons (Fsp3) is 0.333. The van der Waals surface area contributed by atoms with E-state index in [-0.39, 0.29) is 41.7 Å². The van der Waals surface area contributed by atoms with Crippen LogP contribution in [0.4, 0.5) is 4.79 Å². The summed E-state index contributed by atoms with van der Waals surface area (Å²) in [5.41, 5.74) is 0.168. The zero-order valence-corrected chi connectivity index (χ0v) is 18.3. The summed E-state index contributed by atoms with van der Waals surface area (Å²) >= 11 is 11.8. The summed E-state index contributed by atoms with van der Waals surface area (Å²) in [6, 6.07) is 7.96. The van der Waals surface area contributed by atoms with E-state index in [0.29, 0.717) is 40.6 Å². The Hall–Kier alpha value is -3.04. The number of amides is 3. The topological polar surface area (TPSA) is 130 Å². The lowest BCUT2D eigenvalue weighted by atomic mass is 9.44. The minimum atomic E-state index is -1.14. The lowest BCUT2D eigenvalue weighted by molar-refractivity contribution is -0.141. The normalized spacial score (nSPS) is 22.7. The number of halogens is 2. The minimum Gasteiger partial charge on any atom is -0.484 e. The molecule has 3 aliphatic carbocycles. The monoisotopic (exact) mass is 478 g/mol. The Kier molecular flexibility index (Phi) is 5.87. The molecule has 2 aromatic rings. The highest BCUT2D eigenvalue weighted by molar-refractivity contribution is 6.42. The molecule has 0 atom stereocenters. The second kappa shape index (κ2) is 8.48. The molecule has 0 aliphatic heterocycles. The van der Waals surface area contributed by atoms with E-state index in [1.54, 1.807) is 30.3 Å². The first-order chi connectivity index (χ1) is 15.2.